The maximum Gasteiger partial charge on any atom is 0.244 e. The number of hydrazone groups is 1. The van der Waals surface area contributed by atoms with Gasteiger partial charge in [-0.2, -0.15) is 5.10 Å². The van der Waals surface area contributed by atoms with Gasteiger partial charge in [0.2, 0.25) is 5.91 Å². The third-order valence-electron chi connectivity index (χ3n) is 4.76. The summed E-state index contributed by atoms with van der Waals surface area (Å²) in [5.41, 5.74) is 7.77. The number of nitrogens with one attached hydrogen (secondary N) is 1. The molecule has 0 unspecified atom stereocenters. The number of rotatable bonds is 9. The van der Waals surface area contributed by atoms with Crippen LogP contribution in [-0.2, 0) is 17.8 Å². The summed E-state index contributed by atoms with van der Waals surface area (Å²) in [6.07, 6.45) is 1.89. The highest BCUT2D eigenvalue weighted by Crippen LogP contribution is 2.28. The van der Waals surface area contributed by atoms with Crippen molar-refractivity contribution in [1.29, 1.82) is 0 Å². The number of aryl methyl sites for hydroxylation is 2. The number of hydrogen-bond donors (Lipinski definition) is 1. The molecule has 5 heteroatoms. The van der Waals surface area contributed by atoms with E-state index in [0.29, 0.717) is 31.1 Å². The van der Waals surface area contributed by atoms with Crippen molar-refractivity contribution in [3.8, 4) is 11.5 Å². The van der Waals surface area contributed by atoms with Crippen molar-refractivity contribution in [3.05, 3.63) is 94.5 Å². The van der Waals surface area contributed by atoms with Crippen molar-refractivity contribution >= 4 is 12.1 Å². The Morgan fingerprint density at radius 3 is 2.52 bits per heavy atom. The number of carbonyl (C=O) groups is 1. The van der Waals surface area contributed by atoms with E-state index in [9.17, 15) is 4.79 Å². The Kier molecular flexibility index (Phi) is 7.82. The van der Waals surface area contributed by atoms with Crippen LogP contribution in [0.4, 0.5) is 0 Å². The minimum absolute atomic E-state index is 0.156. The van der Waals surface area contributed by atoms with Gasteiger partial charge in [0, 0.05) is 0 Å². The molecular formula is C26H28N2O3. The van der Waals surface area contributed by atoms with Crippen LogP contribution in [0.5, 0.6) is 11.5 Å². The number of benzene rings is 3. The van der Waals surface area contributed by atoms with Crippen LogP contribution in [-0.4, -0.2) is 18.7 Å². The first-order valence-electron chi connectivity index (χ1n) is 10.4. The lowest BCUT2D eigenvalue weighted by atomic mass is 10.0. The fourth-order valence-corrected chi connectivity index (χ4v) is 3.16. The van der Waals surface area contributed by atoms with Crippen molar-refractivity contribution in [2.45, 2.75) is 33.8 Å². The average molecular weight is 417 g/mol. The van der Waals surface area contributed by atoms with E-state index in [1.807, 2.05) is 81.4 Å². The second-order valence-corrected chi connectivity index (χ2v) is 7.31. The molecule has 0 aliphatic heterocycles. The number of ether oxygens (including phenoxy) is 2. The van der Waals surface area contributed by atoms with E-state index in [1.54, 1.807) is 6.21 Å². The molecular weight excluding hydrogens is 388 g/mol. The van der Waals surface area contributed by atoms with Crippen LogP contribution in [0.25, 0.3) is 0 Å². The number of nitrogens with zero attached hydrogens (tertiary/aromatic N) is 1. The van der Waals surface area contributed by atoms with Crippen LogP contribution < -0.4 is 14.9 Å². The molecule has 0 aliphatic rings. The number of amides is 1. The molecule has 0 saturated heterocycles. The zero-order chi connectivity index (χ0) is 22.1. The molecule has 0 saturated carbocycles. The predicted molar refractivity (Wildman–Crippen MR) is 124 cm³/mol. The maximum absolute atomic E-state index is 12.2. The van der Waals surface area contributed by atoms with Gasteiger partial charge in [-0.1, -0.05) is 54.1 Å². The first kappa shape index (κ1) is 22.1. The van der Waals surface area contributed by atoms with Gasteiger partial charge in [0.05, 0.1) is 19.2 Å². The summed E-state index contributed by atoms with van der Waals surface area (Å²) in [6.45, 7) is 6.96. The summed E-state index contributed by atoms with van der Waals surface area (Å²) in [5, 5.41) is 4.09. The molecule has 0 fully saturated rings. The fourth-order valence-electron chi connectivity index (χ4n) is 3.16. The normalized spacial score (nSPS) is 10.8. The maximum atomic E-state index is 12.2. The SMILES string of the molecule is CCOc1cc(/C=N/NC(=O)Cc2ccc(C)cc2C)ccc1OCc1ccccc1. The molecule has 160 valence electrons. The highest BCUT2D eigenvalue weighted by molar-refractivity contribution is 5.84. The molecule has 31 heavy (non-hydrogen) atoms. The molecule has 3 rings (SSSR count). The van der Waals surface area contributed by atoms with Crippen LogP contribution in [0.15, 0.2) is 71.8 Å². The van der Waals surface area contributed by atoms with Gasteiger partial charge in [0.25, 0.3) is 0 Å². The van der Waals surface area contributed by atoms with Crippen LogP contribution >= 0.6 is 0 Å². The minimum Gasteiger partial charge on any atom is -0.490 e. The molecule has 0 aliphatic carbocycles. The highest BCUT2D eigenvalue weighted by Gasteiger charge is 2.08. The molecule has 0 radical (unpaired) electrons. The van der Waals surface area contributed by atoms with Crippen LogP contribution in [0.1, 0.15) is 34.7 Å². The Morgan fingerprint density at radius 2 is 1.77 bits per heavy atom. The van der Waals surface area contributed by atoms with Crippen molar-refractivity contribution in [2.75, 3.05) is 6.61 Å². The summed E-state index contributed by atoms with van der Waals surface area (Å²) in [5.74, 6) is 1.15. The van der Waals surface area contributed by atoms with Crippen LogP contribution in [0.2, 0.25) is 0 Å². The Hall–Kier alpha value is -3.60. The van der Waals surface area contributed by atoms with Crippen molar-refractivity contribution < 1.29 is 14.3 Å². The largest absolute Gasteiger partial charge is 0.490 e. The monoisotopic (exact) mass is 416 g/mol. The molecule has 1 N–H and O–H groups in total. The fraction of sp³-hybridized carbons (Fsp3) is 0.231. The minimum atomic E-state index is -0.156. The molecule has 0 heterocycles. The Bertz CT molecular complexity index is 1050. The standard InChI is InChI=1S/C26H28N2O3/c1-4-30-25-15-22(11-13-24(25)31-18-21-8-6-5-7-9-21)17-27-28-26(29)16-23-12-10-19(2)14-20(23)3/h5-15,17H,4,16,18H2,1-3H3,(H,28,29)/b27-17+. The first-order chi connectivity index (χ1) is 15.0. The van der Waals surface area contributed by atoms with E-state index in [0.717, 1.165) is 22.3 Å². The Labute approximate surface area is 183 Å². The van der Waals surface area contributed by atoms with E-state index >= 15 is 0 Å². The molecule has 5 nitrogen and oxygen atoms in total. The van der Waals surface area contributed by atoms with Crippen molar-refractivity contribution in [2.24, 2.45) is 5.10 Å². The molecule has 3 aromatic carbocycles. The summed E-state index contributed by atoms with van der Waals surface area (Å²) in [4.78, 5) is 12.2. The molecule has 0 spiro atoms. The molecule has 0 aromatic heterocycles. The molecule has 0 atom stereocenters. The van der Waals surface area contributed by atoms with Gasteiger partial charge in [-0.05, 0) is 61.2 Å². The summed E-state index contributed by atoms with van der Waals surface area (Å²) in [7, 11) is 0. The Morgan fingerprint density at radius 1 is 0.968 bits per heavy atom. The van der Waals surface area contributed by atoms with Crippen molar-refractivity contribution in [3.63, 3.8) is 0 Å². The van der Waals surface area contributed by atoms with E-state index in [-0.39, 0.29) is 5.91 Å². The number of hydrogen-bond acceptors (Lipinski definition) is 4. The van der Waals surface area contributed by atoms with Gasteiger partial charge in [0.15, 0.2) is 11.5 Å². The predicted octanol–water partition coefficient (Wildman–Crippen LogP) is 4.97. The van der Waals surface area contributed by atoms with E-state index in [4.69, 9.17) is 9.47 Å². The van der Waals surface area contributed by atoms with Crippen LogP contribution in [0.3, 0.4) is 0 Å². The second kappa shape index (κ2) is 11.0. The third-order valence-corrected chi connectivity index (χ3v) is 4.76. The molecule has 1 amide bonds. The first-order valence-corrected chi connectivity index (χ1v) is 10.4. The summed E-state index contributed by atoms with van der Waals surface area (Å²) < 4.78 is 11.6. The zero-order valence-corrected chi connectivity index (χ0v) is 18.2. The quantitative estimate of drug-likeness (QED) is 0.396. The topological polar surface area (TPSA) is 59.9 Å². The smallest absolute Gasteiger partial charge is 0.244 e. The van der Waals surface area contributed by atoms with Crippen molar-refractivity contribution in [1.82, 2.24) is 5.43 Å². The Balaban J connectivity index is 1.60. The lowest BCUT2D eigenvalue weighted by Crippen LogP contribution is -2.20. The summed E-state index contributed by atoms with van der Waals surface area (Å²) in [6, 6.07) is 21.6. The number of carbonyl (C=O) groups excluding carboxylic acids is 1. The second-order valence-electron chi connectivity index (χ2n) is 7.31. The van der Waals surface area contributed by atoms with Gasteiger partial charge in [0.1, 0.15) is 6.61 Å². The third kappa shape index (κ3) is 6.71. The average Bonchev–Trinajstić information content (AvgIpc) is 2.76. The van der Waals surface area contributed by atoms with Gasteiger partial charge in [-0.15, -0.1) is 0 Å². The van der Waals surface area contributed by atoms with Gasteiger partial charge in [-0.25, -0.2) is 5.43 Å². The van der Waals surface area contributed by atoms with Gasteiger partial charge < -0.3 is 9.47 Å². The summed E-state index contributed by atoms with van der Waals surface area (Å²) >= 11 is 0. The van der Waals surface area contributed by atoms with Gasteiger partial charge >= 0.3 is 0 Å². The lowest BCUT2D eigenvalue weighted by Gasteiger charge is -2.12. The molecule has 0 bridgehead atoms. The van der Waals surface area contributed by atoms with E-state index in [1.165, 1.54) is 5.56 Å². The highest BCUT2D eigenvalue weighted by atomic mass is 16.5. The lowest BCUT2D eigenvalue weighted by molar-refractivity contribution is -0.120. The van der Waals surface area contributed by atoms with E-state index in [2.05, 4.69) is 16.6 Å². The van der Waals surface area contributed by atoms with Crippen LogP contribution in [0, 0.1) is 13.8 Å². The van der Waals surface area contributed by atoms with Gasteiger partial charge in [-0.3, -0.25) is 4.79 Å². The molecule has 3 aromatic rings. The van der Waals surface area contributed by atoms with E-state index < -0.39 is 0 Å². The zero-order valence-electron chi connectivity index (χ0n) is 18.2.